The zero-order chi connectivity index (χ0) is 25.5. The Balaban J connectivity index is 0.00000210. The topological polar surface area (TPSA) is 95.8 Å². The maximum atomic E-state index is 12.5. The summed E-state index contributed by atoms with van der Waals surface area (Å²) in [5, 5.41) is 9.17. The van der Waals surface area contributed by atoms with Gasteiger partial charge in [-0.05, 0) is 68.2 Å². The molecule has 0 saturated heterocycles. The van der Waals surface area contributed by atoms with E-state index in [0.29, 0.717) is 13.0 Å². The quantitative estimate of drug-likeness (QED) is 0.147. The van der Waals surface area contributed by atoms with Crippen molar-refractivity contribution in [3.05, 3.63) is 71.5 Å². The van der Waals surface area contributed by atoms with Crippen LogP contribution in [0.5, 0.6) is 0 Å². The Labute approximate surface area is 243 Å². The van der Waals surface area contributed by atoms with Gasteiger partial charge in [-0.3, -0.25) is 9.78 Å². The molecule has 4 aromatic rings. The summed E-state index contributed by atoms with van der Waals surface area (Å²) in [5.74, 6) is -0.0672. The normalized spacial score (nSPS) is 13.3. The first-order chi connectivity index (χ1) is 18.2. The Kier molecular flexibility index (Phi) is 11.9. The van der Waals surface area contributed by atoms with Crippen molar-refractivity contribution in [1.82, 2.24) is 15.3 Å². The van der Waals surface area contributed by atoms with Crippen LogP contribution in [0.4, 0.5) is 5.69 Å². The highest BCUT2D eigenvalue weighted by molar-refractivity contribution is 5.93. The predicted octanol–water partition coefficient (Wildman–Crippen LogP) is 6.49. The minimum Gasteiger partial charge on any atom is -0.384 e. The number of aryl methyl sites for hydroxylation is 1. The third-order valence-electron chi connectivity index (χ3n) is 7.58. The summed E-state index contributed by atoms with van der Waals surface area (Å²) in [5.41, 5.74) is 13.5. The van der Waals surface area contributed by atoms with Gasteiger partial charge in [-0.2, -0.15) is 0 Å². The summed E-state index contributed by atoms with van der Waals surface area (Å²) in [6.07, 6.45) is 12.8. The number of anilines is 1. The largest absolute Gasteiger partial charge is 0.384 e. The second kappa shape index (κ2) is 15.1. The van der Waals surface area contributed by atoms with Gasteiger partial charge in [0.15, 0.2) is 0 Å². The van der Waals surface area contributed by atoms with Gasteiger partial charge in [0.2, 0.25) is 5.91 Å². The molecule has 0 radical (unpaired) electrons. The van der Waals surface area contributed by atoms with Crippen molar-refractivity contribution in [1.29, 1.82) is 0 Å². The zero-order valence-electron chi connectivity index (χ0n) is 22.5. The average Bonchev–Trinajstić information content (AvgIpc) is 3.34. The minimum absolute atomic E-state index is 0. The molecule has 210 valence electrons. The number of fused-ring (bicyclic) bond motifs is 3. The fraction of sp³-hybridized carbons (Fsp3) is 0.419. The number of nitrogens with zero attached hydrogens (tertiary/aromatic N) is 1. The van der Waals surface area contributed by atoms with Crippen LogP contribution in [0.15, 0.2) is 54.7 Å². The zero-order valence-corrected chi connectivity index (χ0v) is 24.1. The van der Waals surface area contributed by atoms with Gasteiger partial charge in [0.1, 0.15) is 0 Å². The number of nitrogens with two attached hydrogens (primary N) is 1. The van der Waals surface area contributed by atoms with Crippen molar-refractivity contribution in [2.45, 2.75) is 70.3 Å². The number of rotatable bonds is 12. The lowest BCUT2D eigenvalue weighted by Gasteiger charge is -2.21. The number of para-hydroxylation sites is 2. The number of benzene rings is 2. The molecule has 0 aliphatic heterocycles. The second-order valence-corrected chi connectivity index (χ2v) is 10.3. The van der Waals surface area contributed by atoms with E-state index in [9.17, 15) is 4.79 Å². The molecule has 0 unspecified atom stereocenters. The molecule has 1 aliphatic rings. The van der Waals surface area contributed by atoms with E-state index in [4.69, 9.17) is 10.7 Å². The number of unbranched alkanes of at least 4 members (excludes halogenated alkanes) is 4. The van der Waals surface area contributed by atoms with Crippen molar-refractivity contribution in [3.8, 4) is 0 Å². The highest BCUT2D eigenvalue weighted by atomic mass is 35.5. The number of carbonyl (C=O) groups excluding carboxylic acids is 1. The summed E-state index contributed by atoms with van der Waals surface area (Å²) in [6, 6.07) is 16.1. The highest BCUT2D eigenvalue weighted by Gasteiger charge is 2.18. The lowest BCUT2D eigenvalue weighted by Crippen LogP contribution is -2.42. The second-order valence-electron chi connectivity index (χ2n) is 10.3. The lowest BCUT2D eigenvalue weighted by molar-refractivity contribution is -0.122. The molecular formula is C31H41Cl2N5O. The molecule has 0 spiro atoms. The minimum atomic E-state index is -0.528. The van der Waals surface area contributed by atoms with Crippen molar-refractivity contribution >= 4 is 58.2 Å². The van der Waals surface area contributed by atoms with Crippen molar-refractivity contribution in [2.24, 2.45) is 5.73 Å². The Hall–Kier alpha value is -2.80. The fourth-order valence-electron chi connectivity index (χ4n) is 5.54. The molecule has 1 amide bonds. The van der Waals surface area contributed by atoms with Crippen LogP contribution in [-0.4, -0.2) is 35.0 Å². The number of amides is 1. The molecule has 0 saturated carbocycles. The maximum Gasteiger partial charge on any atom is 0.237 e. The summed E-state index contributed by atoms with van der Waals surface area (Å²) < 4.78 is 0. The van der Waals surface area contributed by atoms with E-state index in [1.165, 1.54) is 48.0 Å². The van der Waals surface area contributed by atoms with Crippen LogP contribution in [0.1, 0.15) is 61.8 Å². The fourth-order valence-corrected chi connectivity index (χ4v) is 5.54. The van der Waals surface area contributed by atoms with Gasteiger partial charge < -0.3 is 21.4 Å². The summed E-state index contributed by atoms with van der Waals surface area (Å²) in [6.45, 7) is 1.67. The molecule has 2 aromatic carbocycles. The van der Waals surface area contributed by atoms with Crippen molar-refractivity contribution in [3.63, 3.8) is 0 Å². The average molecular weight is 571 g/mol. The van der Waals surface area contributed by atoms with Gasteiger partial charge in [-0.1, -0.05) is 55.7 Å². The number of nitrogens with one attached hydrogen (secondary N) is 3. The molecule has 1 aliphatic carbocycles. The Morgan fingerprint density at radius 3 is 2.44 bits per heavy atom. The SMILES string of the molecule is Cl.Cl.N[C@@H](Cc1c[nH]c2ccccc12)C(=O)NCCCCCCCNc1c2c(nc3ccccc13)CCCC2. The van der Waals surface area contributed by atoms with Crippen LogP contribution in [0.3, 0.4) is 0 Å². The third-order valence-corrected chi connectivity index (χ3v) is 7.58. The van der Waals surface area contributed by atoms with Gasteiger partial charge in [0, 0.05) is 47.0 Å². The number of aromatic nitrogens is 2. The van der Waals surface area contributed by atoms with Gasteiger partial charge in [-0.15, -0.1) is 24.8 Å². The van der Waals surface area contributed by atoms with Crippen LogP contribution in [0, 0.1) is 0 Å². The number of aromatic amines is 1. The van der Waals surface area contributed by atoms with E-state index in [1.54, 1.807) is 0 Å². The van der Waals surface area contributed by atoms with Crippen LogP contribution >= 0.6 is 24.8 Å². The van der Waals surface area contributed by atoms with E-state index in [1.807, 2.05) is 24.4 Å². The number of pyridine rings is 1. The molecule has 6 nitrogen and oxygen atoms in total. The number of halogens is 2. The lowest BCUT2D eigenvalue weighted by atomic mass is 9.92. The molecule has 5 rings (SSSR count). The van der Waals surface area contributed by atoms with Gasteiger partial charge in [0.25, 0.3) is 0 Å². The molecule has 2 aromatic heterocycles. The first-order valence-corrected chi connectivity index (χ1v) is 13.9. The van der Waals surface area contributed by atoms with Crippen molar-refractivity contribution < 1.29 is 4.79 Å². The summed E-state index contributed by atoms with van der Waals surface area (Å²) in [7, 11) is 0. The van der Waals surface area contributed by atoms with Crippen LogP contribution in [-0.2, 0) is 24.1 Å². The molecule has 0 bridgehead atoms. The molecule has 5 N–H and O–H groups in total. The first-order valence-electron chi connectivity index (χ1n) is 13.9. The van der Waals surface area contributed by atoms with E-state index < -0.39 is 6.04 Å². The van der Waals surface area contributed by atoms with Crippen LogP contribution < -0.4 is 16.4 Å². The van der Waals surface area contributed by atoms with Crippen LogP contribution in [0.25, 0.3) is 21.8 Å². The molecule has 8 heteroatoms. The van der Waals surface area contributed by atoms with Crippen LogP contribution in [0.2, 0.25) is 0 Å². The van der Waals surface area contributed by atoms with Gasteiger partial charge in [-0.25, -0.2) is 0 Å². The van der Waals surface area contributed by atoms with Crippen molar-refractivity contribution in [2.75, 3.05) is 18.4 Å². The monoisotopic (exact) mass is 569 g/mol. The van der Waals surface area contributed by atoms with E-state index in [0.717, 1.165) is 60.6 Å². The number of hydrogen-bond acceptors (Lipinski definition) is 4. The Bertz CT molecular complexity index is 1360. The molecule has 1 atom stereocenters. The summed E-state index contributed by atoms with van der Waals surface area (Å²) >= 11 is 0. The smallest absolute Gasteiger partial charge is 0.237 e. The standard InChI is InChI=1S/C31H39N5O.2ClH/c32-26(20-22-21-35-27-15-7-4-12-23(22)27)31(37)34-19-11-3-1-2-10-18-33-30-24-13-5-8-16-28(24)36-29-17-9-6-14-25(29)30;;/h4-5,7-8,12-13,15-16,21,26,35H,1-3,6,9-11,14,17-20,32H2,(H,33,36)(H,34,37);2*1H/t26-;;/m0../s1. The molecular weight excluding hydrogens is 529 g/mol. The van der Waals surface area contributed by atoms with Gasteiger partial charge in [0.05, 0.1) is 11.6 Å². The third kappa shape index (κ3) is 7.65. The number of carbonyl (C=O) groups is 1. The maximum absolute atomic E-state index is 12.5. The Morgan fingerprint density at radius 1 is 0.897 bits per heavy atom. The summed E-state index contributed by atoms with van der Waals surface area (Å²) in [4.78, 5) is 20.6. The molecule has 2 heterocycles. The number of hydrogen-bond donors (Lipinski definition) is 4. The highest BCUT2D eigenvalue weighted by Crippen LogP contribution is 2.33. The predicted molar refractivity (Wildman–Crippen MR) is 167 cm³/mol. The number of H-pyrrole nitrogens is 1. The molecule has 39 heavy (non-hydrogen) atoms. The van der Waals surface area contributed by atoms with E-state index >= 15 is 0 Å². The first kappa shape index (κ1) is 30.7. The Morgan fingerprint density at radius 2 is 1.59 bits per heavy atom. The molecule has 0 fully saturated rings. The van der Waals surface area contributed by atoms with E-state index in [-0.39, 0.29) is 30.7 Å². The van der Waals surface area contributed by atoms with Gasteiger partial charge >= 0.3 is 0 Å². The van der Waals surface area contributed by atoms with E-state index in [2.05, 4.69) is 45.9 Å².